The smallest absolute Gasteiger partial charge is 0.289 e. The Morgan fingerprint density at radius 2 is 1.45 bits per heavy atom. The van der Waals surface area contributed by atoms with Crippen LogP contribution in [0, 0.1) is 20.2 Å². The fourth-order valence-corrected chi connectivity index (χ4v) is 3.37. The Bertz CT molecular complexity index is 1440. The van der Waals surface area contributed by atoms with E-state index in [1.165, 1.54) is 18.9 Å². The summed E-state index contributed by atoms with van der Waals surface area (Å²) in [6, 6.07) is 15.0. The zero-order valence-corrected chi connectivity index (χ0v) is 17.4. The van der Waals surface area contributed by atoms with Crippen LogP contribution in [-0.2, 0) is 0 Å². The molecule has 4 rings (SSSR count). The van der Waals surface area contributed by atoms with Crippen molar-refractivity contribution < 1.29 is 24.5 Å². The van der Waals surface area contributed by atoms with Crippen LogP contribution < -0.4 is 15.0 Å². The number of ether oxygens (including phenoxy) is 2. The highest BCUT2D eigenvalue weighted by molar-refractivity contribution is 5.90. The van der Waals surface area contributed by atoms with E-state index in [1.807, 2.05) is 0 Å². The highest BCUT2D eigenvalue weighted by Gasteiger charge is 2.27. The molecule has 0 aliphatic rings. The molecular formula is C21H17N5O7. The van der Waals surface area contributed by atoms with Crippen LogP contribution in [0.1, 0.15) is 0 Å². The summed E-state index contributed by atoms with van der Waals surface area (Å²) in [5, 5.41) is 34.1. The van der Waals surface area contributed by atoms with Gasteiger partial charge in [-0.15, -0.1) is 4.85 Å². The molecule has 0 saturated carbocycles. The molecule has 12 nitrogen and oxygen atoms in total. The SMILES string of the molecule is COc1ccc(N=c2c3c([N+](=O)[O-])cc([N+](=O)[O-])cc3n(O)n2-c2ccc(OC)cc2)cc1. The molecule has 0 amide bonds. The third kappa shape index (κ3) is 3.80. The minimum Gasteiger partial charge on any atom is -0.497 e. The topological polar surface area (TPSA) is 147 Å². The fraction of sp³-hybridized carbons (Fsp3) is 0.0952. The van der Waals surface area contributed by atoms with E-state index in [2.05, 4.69) is 4.99 Å². The number of non-ortho nitro benzene ring substituents is 2. The van der Waals surface area contributed by atoms with E-state index >= 15 is 0 Å². The Morgan fingerprint density at radius 1 is 0.879 bits per heavy atom. The molecule has 0 bridgehead atoms. The summed E-state index contributed by atoms with van der Waals surface area (Å²) in [5.41, 5.74) is -0.457. The maximum Gasteiger partial charge on any atom is 0.289 e. The van der Waals surface area contributed by atoms with Crippen LogP contribution in [0.4, 0.5) is 17.1 Å². The highest BCUT2D eigenvalue weighted by Crippen LogP contribution is 2.30. The van der Waals surface area contributed by atoms with E-state index in [-0.39, 0.29) is 16.4 Å². The zero-order valence-electron chi connectivity index (χ0n) is 17.4. The van der Waals surface area contributed by atoms with E-state index in [4.69, 9.17) is 9.47 Å². The van der Waals surface area contributed by atoms with Crippen molar-refractivity contribution in [3.63, 3.8) is 0 Å². The van der Waals surface area contributed by atoms with Crippen molar-refractivity contribution >= 4 is 28.0 Å². The lowest BCUT2D eigenvalue weighted by atomic mass is 10.2. The second-order valence-corrected chi connectivity index (χ2v) is 6.81. The van der Waals surface area contributed by atoms with Gasteiger partial charge in [0.05, 0.1) is 41.5 Å². The van der Waals surface area contributed by atoms with Crippen molar-refractivity contribution in [2.75, 3.05) is 14.2 Å². The van der Waals surface area contributed by atoms with E-state index in [0.717, 1.165) is 12.1 Å². The molecule has 0 unspecified atom stereocenters. The number of nitrogens with zero attached hydrogens (tertiary/aromatic N) is 5. The molecule has 168 valence electrons. The Kier molecular flexibility index (Phi) is 5.40. The molecule has 0 fully saturated rings. The van der Waals surface area contributed by atoms with Gasteiger partial charge in [0.25, 0.3) is 11.4 Å². The summed E-state index contributed by atoms with van der Waals surface area (Å²) in [7, 11) is 3.01. The quantitative estimate of drug-likeness (QED) is 0.267. The minimum absolute atomic E-state index is 0.00410. The van der Waals surface area contributed by atoms with Crippen molar-refractivity contribution in [1.82, 2.24) is 9.53 Å². The summed E-state index contributed by atoms with van der Waals surface area (Å²) in [4.78, 5) is 26.8. The molecule has 0 spiro atoms. The summed E-state index contributed by atoms with van der Waals surface area (Å²) < 4.78 is 11.5. The summed E-state index contributed by atoms with van der Waals surface area (Å²) in [6.45, 7) is 0. The van der Waals surface area contributed by atoms with Crippen molar-refractivity contribution in [2.24, 2.45) is 4.99 Å². The molecule has 0 atom stereocenters. The van der Waals surface area contributed by atoms with Gasteiger partial charge < -0.3 is 14.7 Å². The number of benzene rings is 3. The lowest BCUT2D eigenvalue weighted by molar-refractivity contribution is -0.393. The van der Waals surface area contributed by atoms with E-state index in [9.17, 15) is 25.4 Å². The van der Waals surface area contributed by atoms with Crippen LogP contribution in [0.5, 0.6) is 11.5 Å². The lowest BCUT2D eigenvalue weighted by Gasteiger charge is -2.08. The molecule has 0 aliphatic carbocycles. The van der Waals surface area contributed by atoms with Gasteiger partial charge >= 0.3 is 0 Å². The Balaban J connectivity index is 2.13. The maximum atomic E-state index is 11.8. The molecule has 0 saturated heterocycles. The van der Waals surface area contributed by atoms with Crippen molar-refractivity contribution in [1.29, 1.82) is 0 Å². The normalized spacial score (nSPS) is 11.5. The van der Waals surface area contributed by atoms with Crippen LogP contribution >= 0.6 is 0 Å². The first-order chi connectivity index (χ1) is 15.8. The zero-order chi connectivity index (χ0) is 23.7. The Morgan fingerprint density at radius 3 is 1.97 bits per heavy atom. The van der Waals surface area contributed by atoms with Crippen molar-refractivity contribution in [3.8, 4) is 17.2 Å². The van der Waals surface area contributed by atoms with Gasteiger partial charge in [-0.1, -0.05) is 0 Å². The van der Waals surface area contributed by atoms with Crippen LogP contribution in [0.2, 0.25) is 0 Å². The standard InChI is InChI=1S/C21H17N5O7/c1-32-16-7-3-13(4-8-16)22-21-20-18(11-15(25(28)29)12-19(20)26(30)31)24(27)23(21)14-5-9-17(33-2)10-6-14/h3-12,27H,1-2H3. The second kappa shape index (κ2) is 8.34. The van der Waals surface area contributed by atoms with Crippen molar-refractivity contribution in [2.45, 2.75) is 0 Å². The Hall–Kier alpha value is -4.87. The van der Waals surface area contributed by atoms with E-state index in [0.29, 0.717) is 27.7 Å². The Labute approximate surface area is 185 Å². The average Bonchev–Trinajstić information content (AvgIpc) is 3.10. The number of methoxy groups -OCH3 is 2. The third-order valence-electron chi connectivity index (χ3n) is 4.94. The van der Waals surface area contributed by atoms with Gasteiger partial charge in [-0.3, -0.25) is 20.2 Å². The fourth-order valence-electron chi connectivity index (χ4n) is 3.37. The average molecular weight is 451 g/mol. The minimum atomic E-state index is -0.766. The predicted octanol–water partition coefficient (Wildman–Crippen LogP) is 3.74. The predicted molar refractivity (Wildman–Crippen MR) is 117 cm³/mol. The second-order valence-electron chi connectivity index (χ2n) is 6.81. The lowest BCUT2D eigenvalue weighted by Crippen LogP contribution is -2.21. The monoisotopic (exact) mass is 451 g/mol. The summed E-state index contributed by atoms with van der Waals surface area (Å²) in [6.07, 6.45) is 0. The van der Waals surface area contributed by atoms with Crippen LogP contribution in [0.3, 0.4) is 0 Å². The molecule has 4 aromatic rings. The molecule has 3 aromatic carbocycles. The molecule has 0 radical (unpaired) electrons. The first-order valence-corrected chi connectivity index (χ1v) is 9.47. The number of hydrogen-bond donors (Lipinski definition) is 1. The first-order valence-electron chi connectivity index (χ1n) is 9.47. The largest absolute Gasteiger partial charge is 0.497 e. The third-order valence-corrected chi connectivity index (χ3v) is 4.94. The number of hydrogen-bond acceptors (Lipinski definition) is 8. The van der Waals surface area contributed by atoms with Gasteiger partial charge in [0.1, 0.15) is 22.4 Å². The molecule has 1 N–H and O–H groups in total. The van der Waals surface area contributed by atoms with E-state index < -0.39 is 21.2 Å². The number of fused-ring (bicyclic) bond motifs is 1. The summed E-state index contributed by atoms with van der Waals surface area (Å²) in [5.74, 6) is 1.14. The summed E-state index contributed by atoms with van der Waals surface area (Å²) >= 11 is 0. The molecule has 0 aliphatic heterocycles. The van der Waals surface area contributed by atoms with Crippen LogP contribution in [0.15, 0.2) is 65.7 Å². The van der Waals surface area contributed by atoms with Crippen molar-refractivity contribution in [3.05, 3.63) is 86.4 Å². The van der Waals surface area contributed by atoms with Crippen LogP contribution in [0.25, 0.3) is 16.6 Å². The number of nitro groups is 2. The highest BCUT2D eigenvalue weighted by atomic mass is 16.6. The number of aromatic nitrogens is 2. The van der Waals surface area contributed by atoms with E-state index in [1.54, 1.807) is 48.5 Å². The van der Waals surface area contributed by atoms with Gasteiger partial charge in [-0.25, -0.2) is 9.67 Å². The van der Waals surface area contributed by atoms with Gasteiger partial charge in [-0.2, -0.15) is 0 Å². The number of rotatable bonds is 6. The molecule has 12 heteroatoms. The van der Waals surface area contributed by atoms with Crippen LogP contribution in [-0.4, -0.2) is 38.8 Å². The molecule has 33 heavy (non-hydrogen) atoms. The molecule has 1 heterocycles. The van der Waals surface area contributed by atoms with Gasteiger partial charge in [0.2, 0.25) is 0 Å². The maximum absolute atomic E-state index is 11.8. The van der Waals surface area contributed by atoms with Gasteiger partial charge in [0.15, 0.2) is 5.49 Å². The number of nitro benzene ring substituents is 2. The first kappa shape index (κ1) is 21.4. The molecular weight excluding hydrogens is 434 g/mol. The van der Waals surface area contributed by atoms with Gasteiger partial charge in [0, 0.05) is 6.07 Å². The molecule has 1 aromatic heterocycles. The van der Waals surface area contributed by atoms with Gasteiger partial charge in [-0.05, 0) is 48.5 Å².